The van der Waals surface area contributed by atoms with Crippen LogP contribution in [-0.4, -0.2) is 63.2 Å². The van der Waals surface area contributed by atoms with E-state index < -0.39 is 10.2 Å². The van der Waals surface area contributed by atoms with E-state index >= 15 is 0 Å². The number of benzene rings is 1. The van der Waals surface area contributed by atoms with Gasteiger partial charge in [0.1, 0.15) is 0 Å². The van der Waals surface area contributed by atoms with Gasteiger partial charge in [-0.15, -0.1) is 0 Å². The number of hydrogen-bond acceptors (Lipinski definition) is 4. The summed E-state index contributed by atoms with van der Waals surface area (Å²) in [7, 11) is -0.332. The van der Waals surface area contributed by atoms with Gasteiger partial charge in [-0.2, -0.15) is 17.0 Å². The van der Waals surface area contributed by atoms with Crippen LogP contribution in [0.2, 0.25) is 0 Å². The highest BCUT2D eigenvalue weighted by molar-refractivity contribution is 7.86. The Hall–Kier alpha value is -1.64. The lowest BCUT2D eigenvalue weighted by molar-refractivity contribution is -0.126. The highest BCUT2D eigenvalue weighted by atomic mass is 32.2. The number of carbonyl (C=O) groups is 1. The normalized spacial score (nSPS) is 22.8. The quantitative estimate of drug-likeness (QED) is 0.744. The summed E-state index contributed by atoms with van der Waals surface area (Å²) in [4.78, 5) is 15.2. The van der Waals surface area contributed by atoms with Gasteiger partial charge >= 0.3 is 0 Å². The molecular formula is C22H36N4O3S. The number of nitrogens with zero attached hydrogens (tertiary/aromatic N) is 3. The molecule has 7 nitrogen and oxygen atoms in total. The Morgan fingerprint density at radius 2 is 1.73 bits per heavy atom. The van der Waals surface area contributed by atoms with Gasteiger partial charge in [0.25, 0.3) is 10.2 Å². The van der Waals surface area contributed by atoms with Crippen molar-refractivity contribution in [1.29, 1.82) is 0 Å². The molecule has 2 fully saturated rings. The van der Waals surface area contributed by atoms with Gasteiger partial charge in [0.2, 0.25) is 5.91 Å². The Labute approximate surface area is 181 Å². The summed E-state index contributed by atoms with van der Waals surface area (Å²) < 4.78 is 27.1. The Morgan fingerprint density at radius 3 is 2.30 bits per heavy atom. The second-order valence-corrected chi connectivity index (χ2v) is 11.1. The van der Waals surface area contributed by atoms with E-state index in [9.17, 15) is 13.2 Å². The molecule has 0 aromatic heterocycles. The second-order valence-electron chi connectivity index (χ2n) is 8.98. The monoisotopic (exact) mass is 436 g/mol. The van der Waals surface area contributed by atoms with Crippen LogP contribution in [-0.2, 0) is 15.0 Å². The summed E-state index contributed by atoms with van der Waals surface area (Å²) in [5, 5.41) is 3.12. The van der Waals surface area contributed by atoms with Crippen molar-refractivity contribution in [2.24, 2.45) is 11.8 Å². The van der Waals surface area contributed by atoms with Crippen LogP contribution in [0.1, 0.15) is 51.1 Å². The summed E-state index contributed by atoms with van der Waals surface area (Å²) in [6, 6.07) is 8.44. The van der Waals surface area contributed by atoms with Crippen molar-refractivity contribution in [3.63, 3.8) is 0 Å². The maximum absolute atomic E-state index is 12.7. The molecule has 1 aromatic rings. The van der Waals surface area contributed by atoms with Gasteiger partial charge in [0.15, 0.2) is 0 Å². The maximum Gasteiger partial charge on any atom is 0.281 e. The average molecular weight is 437 g/mol. The lowest BCUT2D eigenvalue weighted by Gasteiger charge is -2.33. The Kier molecular flexibility index (Phi) is 7.42. The molecule has 2 atom stereocenters. The van der Waals surface area contributed by atoms with Crippen LogP contribution in [0, 0.1) is 11.8 Å². The lowest BCUT2D eigenvalue weighted by Crippen LogP contribution is -2.47. The minimum Gasteiger partial charge on any atom is -0.371 e. The fourth-order valence-corrected chi connectivity index (χ4v) is 5.53. The van der Waals surface area contributed by atoms with Gasteiger partial charge in [0, 0.05) is 51.9 Å². The molecule has 2 heterocycles. The van der Waals surface area contributed by atoms with Gasteiger partial charge in [-0.3, -0.25) is 4.79 Å². The molecule has 1 aromatic carbocycles. The van der Waals surface area contributed by atoms with Gasteiger partial charge in [0.05, 0.1) is 6.04 Å². The van der Waals surface area contributed by atoms with Crippen LogP contribution >= 0.6 is 0 Å². The molecule has 1 N–H and O–H groups in total. The number of piperidine rings is 2. The van der Waals surface area contributed by atoms with Crippen LogP contribution in [0.15, 0.2) is 24.3 Å². The molecule has 3 rings (SSSR count). The predicted octanol–water partition coefficient (Wildman–Crippen LogP) is 2.62. The first-order chi connectivity index (χ1) is 14.2. The number of amides is 1. The number of hydrogen-bond donors (Lipinski definition) is 1. The molecule has 2 saturated heterocycles. The molecule has 30 heavy (non-hydrogen) atoms. The Balaban J connectivity index is 1.52. The number of nitrogens with one attached hydrogen (secondary N) is 1. The SMILES string of the molecule is C[C@H]1CCCN(c2ccc([C@@H](C)NC(=O)C3CCN(S(=O)(=O)N(C)C)CC3)cc2)C1. The van der Waals surface area contributed by atoms with Crippen molar-refractivity contribution in [2.45, 2.75) is 45.6 Å². The zero-order valence-corrected chi connectivity index (χ0v) is 19.5. The smallest absolute Gasteiger partial charge is 0.281 e. The molecule has 168 valence electrons. The molecule has 0 unspecified atom stereocenters. The highest BCUT2D eigenvalue weighted by Crippen LogP contribution is 2.26. The summed E-state index contributed by atoms with van der Waals surface area (Å²) in [6.45, 7) is 7.29. The summed E-state index contributed by atoms with van der Waals surface area (Å²) in [5.41, 5.74) is 2.34. The van der Waals surface area contributed by atoms with Gasteiger partial charge in [-0.05, 0) is 56.2 Å². The molecule has 0 bridgehead atoms. The predicted molar refractivity (Wildman–Crippen MR) is 121 cm³/mol. The highest BCUT2D eigenvalue weighted by Gasteiger charge is 2.32. The van der Waals surface area contributed by atoms with Gasteiger partial charge in [-0.25, -0.2) is 0 Å². The fourth-order valence-electron chi connectivity index (χ4n) is 4.39. The Morgan fingerprint density at radius 1 is 1.10 bits per heavy atom. The summed E-state index contributed by atoms with van der Waals surface area (Å²) >= 11 is 0. The van der Waals surface area contributed by atoms with Crippen LogP contribution < -0.4 is 10.2 Å². The third-order valence-corrected chi connectivity index (χ3v) is 8.33. The molecular weight excluding hydrogens is 400 g/mol. The van der Waals surface area contributed by atoms with E-state index in [2.05, 4.69) is 41.4 Å². The summed E-state index contributed by atoms with van der Waals surface area (Å²) in [5.74, 6) is 0.601. The largest absolute Gasteiger partial charge is 0.371 e. The molecule has 0 spiro atoms. The van der Waals surface area contributed by atoms with Crippen molar-refractivity contribution >= 4 is 21.8 Å². The van der Waals surface area contributed by atoms with E-state index in [1.54, 1.807) is 0 Å². The number of rotatable bonds is 6. The third-order valence-electron chi connectivity index (χ3n) is 6.39. The molecule has 2 aliphatic rings. The van der Waals surface area contributed by atoms with Crippen molar-refractivity contribution in [3.05, 3.63) is 29.8 Å². The number of carbonyl (C=O) groups excluding carboxylic acids is 1. The lowest BCUT2D eigenvalue weighted by atomic mass is 9.96. The topological polar surface area (TPSA) is 73.0 Å². The van der Waals surface area contributed by atoms with Crippen LogP contribution in [0.3, 0.4) is 0 Å². The van der Waals surface area contributed by atoms with Crippen LogP contribution in [0.5, 0.6) is 0 Å². The standard InChI is InChI=1S/C22H36N4O3S/c1-17-6-5-13-25(16-17)21-9-7-19(8-10-21)18(2)23-22(27)20-11-14-26(15-12-20)30(28,29)24(3)4/h7-10,17-18,20H,5-6,11-16H2,1-4H3,(H,23,27)/t17-,18+/m0/s1. The van der Waals surface area contributed by atoms with E-state index in [0.717, 1.165) is 24.6 Å². The van der Waals surface area contributed by atoms with E-state index in [1.807, 2.05) is 6.92 Å². The first-order valence-corrected chi connectivity index (χ1v) is 12.4. The van der Waals surface area contributed by atoms with E-state index in [-0.39, 0.29) is 17.9 Å². The number of anilines is 1. The van der Waals surface area contributed by atoms with Gasteiger partial charge in [-0.1, -0.05) is 19.1 Å². The molecule has 8 heteroatoms. The van der Waals surface area contributed by atoms with Crippen molar-refractivity contribution in [1.82, 2.24) is 13.9 Å². The molecule has 0 aliphatic carbocycles. The third kappa shape index (κ3) is 5.34. The first kappa shape index (κ1) is 23.0. The van der Waals surface area contributed by atoms with E-state index in [0.29, 0.717) is 25.9 Å². The van der Waals surface area contributed by atoms with Crippen molar-refractivity contribution in [3.8, 4) is 0 Å². The average Bonchev–Trinajstić information content (AvgIpc) is 2.73. The van der Waals surface area contributed by atoms with E-state index in [4.69, 9.17) is 0 Å². The van der Waals surface area contributed by atoms with Crippen molar-refractivity contribution < 1.29 is 13.2 Å². The fraction of sp³-hybridized carbons (Fsp3) is 0.682. The molecule has 0 saturated carbocycles. The van der Waals surface area contributed by atoms with Gasteiger partial charge < -0.3 is 10.2 Å². The van der Waals surface area contributed by atoms with Crippen LogP contribution in [0.4, 0.5) is 5.69 Å². The summed E-state index contributed by atoms with van der Waals surface area (Å²) in [6.07, 6.45) is 3.65. The molecule has 2 aliphatic heterocycles. The second kappa shape index (κ2) is 9.66. The van der Waals surface area contributed by atoms with E-state index in [1.165, 1.54) is 41.2 Å². The Bertz CT molecular complexity index is 817. The zero-order valence-electron chi connectivity index (χ0n) is 18.7. The van der Waals surface area contributed by atoms with Crippen LogP contribution in [0.25, 0.3) is 0 Å². The van der Waals surface area contributed by atoms with Crippen molar-refractivity contribution in [2.75, 3.05) is 45.2 Å². The maximum atomic E-state index is 12.7. The minimum absolute atomic E-state index is 0.0123. The zero-order chi connectivity index (χ0) is 21.9. The first-order valence-electron chi connectivity index (χ1n) is 11.0. The minimum atomic E-state index is -3.40. The molecule has 0 radical (unpaired) electrons. The molecule has 1 amide bonds.